The van der Waals surface area contributed by atoms with Crippen LogP contribution in [0.3, 0.4) is 0 Å². The van der Waals surface area contributed by atoms with E-state index in [0.717, 1.165) is 25.2 Å². The van der Waals surface area contributed by atoms with Crippen LogP contribution in [0, 0.1) is 11.3 Å². The maximum atomic E-state index is 9.90. The van der Waals surface area contributed by atoms with E-state index < -0.39 is 11.9 Å². The lowest BCUT2D eigenvalue weighted by Gasteiger charge is -2.16. The summed E-state index contributed by atoms with van der Waals surface area (Å²) in [5.74, 6) is -0.886. The van der Waals surface area contributed by atoms with Gasteiger partial charge in [-0.3, -0.25) is 9.59 Å². The first-order valence-corrected chi connectivity index (χ1v) is 12.4. The summed E-state index contributed by atoms with van der Waals surface area (Å²) in [6, 6.07) is 0. The first-order valence-electron chi connectivity index (χ1n) is 12.4. The van der Waals surface area contributed by atoms with E-state index in [1.165, 1.54) is 32.1 Å². The maximum absolute atomic E-state index is 9.90. The van der Waals surface area contributed by atoms with E-state index in [2.05, 4.69) is 13.8 Å². The van der Waals surface area contributed by atoms with Crippen LogP contribution in [0.4, 0.5) is 0 Å². The van der Waals surface area contributed by atoms with Gasteiger partial charge in [-0.05, 0) is 38.0 Å². The Balaban J connectivity index is -0.000000182. The standard InChI is InChI=1S/C10H22O.C6H10O4.C5H12O2.C4H10O2/c1-10(2)8-6-4-3-5-7-9-11;7-5(8)3-1-2-4-6(9)10;1-5(2,3-6)4-7;5-3-1-2-4-6/h10-11H,3-9H2,1-2H3;1-4H2,(H,7,8)(H,9,10);6-7H,3-4H2,1-2H3;5-6H,1-4H2. The van der Waals surface area contributed by atoms with Gasteiger partial charge in [-0.1, -0.05) is 59.8 Å². The third kappa shape index (κ3) is 52.6. The molecule has 0 spiro atoms. The molecule has 0 aromatic rings. The number of carboxylic acids is 2. The Labute approximate surface area is 206 Å². The number of hydrogen-bond acceptors (Lipinski definition) is 7. The molecule has 0 heterocycles. The first kappa shape index (κ1) is 39.9. The van der Waals surface area contributed by atoms with Crippen LogP contribution < -0.4 is 0 Å². The summed E-state index contributed by atoms with van der Waals surface area (Å²) in [5, 5.41) is 57.8. The van der Waals surface area contributed by atoms with E-state index in [-0.39, 0.29) is 44.7 Å². The zero-order chi connectivity index (χ0) is 27.3. The van der Waals surface area contributed by atoms with Crippen molar-refractivity contribution in [3.8, 4) is 0 Å². The number of rotatable bonds is 17. The Bertz CT molecular complexity index is 387. The molecular weight excluding hydrogens is 444 g/mol. The summed E-state index contributed by atoms with van der Waals surface area (Å²) >= 11 is 0. The van der Waals surface area contributed by atoms with Crippen molar-refractivity contribution < 1.29 is 45.3 Å². The molecule has 9 nitrogen and oxygen atoms in total. The predicted octanol–water partition coefficient (Wildman–Crippen LogP) is 3.44. The molecule has 0 aliphatic heterocycles. The highest BCUT2D eigenvalue weighted by Gasteiger charge is 2.13. The Hall–Kier alpha value is -1.26. The highest BCUT2D eigenvalue weighted by molar-refractivity contribution is 5.67. The number of hydrogen-bond donors (Lipinski definition) is 7. The van der Waals surface area contributed by atoms with Gasteiger partial charge >= 0.3 is 11.9 Å². The van der Waals surface area contributed by atoms with E-state index >= 15 is 0 Å². The summed E-state index contributed by atoms with van der Waals surface area (Å²) in [6.07, 6.45) is 10.0. The van der Waals surface area contributed by atoms with E-state index in [9.17, 15) is 9.59 Å². The number of aliphatic hydroxyl groups is 5. The lowest BCUT2D eigenvalue weighted by molar-refractivity contribution is -0.139. The molecule has 0 radical (unpaired) electrons. The second-order valence-corrected chi connectivity index (χ2v) is 9.30. The molecule has 0 aliphatic rings. The summed E-state index contributed by atoms with van der Waals surface area (Å²) in [6.45, 7) is 8.99. The van der Waals surface area contributed by atoms with Crippen LogP contribution in [-0.4, -0.2) is 80.7 Å². The molecule has 0 amide bonds. The minimum Gasteiger partial charge on any atom is -0.481 e. The fraction of sp³-hybridized carbons (Fsp3) is 0.920. The third-order valence-corrected chi connectivity index (χ3v) is 4.39. The van der Waals surface area contributed by atoms with Gasteiger partial charge in [0.1, 0.15) is 0 Å². The molecule has 0 saturated heterocycles. The van der Waals surface area contributed by atoms with Crippen LogP contribution in [0.2, 0.25) is 0 Å². The molecule has 0 aliphatic carbocycles. The second-order valence-electron chi connectivity index (χ2n) is 9.30. The quantitative estimate of drug-likeness (QED) is 0.148. The monoisotopic (exact) mass is 498 g/mol. The van der Waals surface area contributed by atoms with Crippen molar-refractivity contribution in [2.75, 3.05) is 33.0 Å². The minimum atomic E-state index is -0.870. The van der Waals surface area contributed by atoms with Crippen molar-refractivity contribution >= 4 is 11.9 Å². The van der Waals surface area contributed by atoms with Crippen LogP contribution >= 0.6 is 0 Å². The highest BCUT2D eigenvalue weighted by Crippen LogP contribution is 2.10. The number of aliphatic hydroxyl groups excluding tert-OH is 5. The Morgan fingerprint density at radius 1 is 0.588 bits per heavy atom. The van der Waals surface area contributed by atoms with Gasteiger partial charge in [-0.25, -0.2) is 0 Å². The Morgan fingerprint density at radius 2 is 0.912 bits per heavy atom. The minimum absolute atomic E-state index is 0.0451. The van der Waals surface area contributed by atoms with Crippen molar-refractivity contribution in [3.05, 3.63) is 0 Å². The number of aliphatic carboxylic acids is 2. The van der Waals surface area contributed by atoms with E-state index in [1.807, 2.05) is 0 Å². The van der Waals surface area contributed by atoms with Crippen molar-refractivity contribution in [2.45, 2.75) is 105 Å². The average molecular weight is 499 g/mol. The van der Waals surface area contributed by atoms with Crippen LogP contribution in [-0.2, 0) is 9.59 Å². The van der Waals surface area contributed by atoms with Gasteiger partial charge in [0.25, 0.3) is 0 Å². The molecule has 0 aromatic heterocycles. The molecular formula is C25H54O9. The van der Waals surface area contributed by atoms with Crippen LogP contribution in [0.25, 0.3) is 0 Å². The van der Waals surface area contributed by atoms with Gasteiger partial charge in [0.05, 0.1) is 13.2 Å². The zero-order valence-corrected chi connectivity index (χ0v) is 22.0. The molecule has 9 heteroatoms. The Kier molecular flexibility index (Phi) is 37.3. The molecule has 208 valence electrons. The lowest BCUT2D eigenvalue weighted by Crippen LogP contribution is -2.20. The normalized spacial score (nSPS) is 10.3. The van der Waals surface area contributed by atoms with Gasteiger partial charge in [-0.2, -0.15) is 0 Å². The van der Waals surface area contributed by atoms with Gasteiger partial charge in [0.2, 0.25) is 0 Å². The molecule has 34 heavy (non-hydrogen) atoms. The first-order chi connectivity index (χ1) is 15.9. The van der Waals surface area contributed by atoms with Gasteiger partial charge in [0, 0.05) is 38.1 Å². The number of carbonyl (C=O) groups is 2. The summed E-state index contributed by atoms with van der Waals surface area (Å²) < 4.78 is 0. The average Bonchev–Trinajstić information content (AvgIpc) is 2.78. The molecule has 0 saturated carbocycles. The van der Waals surface area contributed by atoms with Crippen molar-refractivity contribution in [2.24, 2.45) is 11.3 Å². The molecule has 0 fully saturated rings. The van der Waals surface area contributed by atoms with Crippen LogP contribution in [0.1, 0.15) is 105 Å². The van der Waals surface area contributed by atoms with Gasteiger partial charge in [0.15, 0.2) is 0 Å². The molecule has 0 rings (SSSR count). The lowest BCUT2D eigenvalue weighted by atomic mass is 9.97. The van der Waals surface area contributed by atoms with Crippen LogP contribution in [0.15, 0.2) is 0 Å². The van der Waals surface area contributed by atoms with Crippen molar-refractivity contribution in [1.29, 1.82) is 0 Å². The molecule has 7 N–H and O–H groups in total. The summed E-state index contributed by atoms with van der Waals surface area (Å²) in [5.41, 5.74) is -0.306. The highest BCUT2D eigenvalue weighted by atomic mass is 16.4. The van der Waals surface area contributed by atoms with E-state index in [4.69, 9.17) is 35.7 Å². The molecule has 0 atom stereocenters. The topological polar surface area (TPSA) is 176 Å². The van der Waals surface area contributed by atoms with Crippen molar-refractivity contribution in [3.63, 3.8) is 0 Å². The molecule has 0 aromatic carbocycles. The van der Waals surface area contributed by atoms with Crippen molar-refractivity contribution in [1.82, 2.24) is 0 Å². The fourth-order valence-corrected chi connectivity index (χ4v) is 2.02. The SMILES string of the molecule is CC(C)(CO)CO.CC(C)CCCCCCCO.O=C(O)CCCCC(=O)O.OCCCCO. The third-order valence-electron chi connectivity index (χ3n) is 4.39. The maximum Gasteiger partial charge on any atom is 0.303 e. The zero-order valence-electron chi connectivity index (χ0n) is 22.0. The smallest absolute Gasteiger partial charge is 0.303 e. The second kappa shape index (κ2) is 31.7. The van der Waals surface area contributed by atoms with E-state index in [1.54, 1.807) is 13.8 Å². The Morgan fingerprint density at radius 3 is 1.18 bits per heavy atom. The summed E-state index contributed by atoms with van der Waals surface area (Å²) in [7, 11) is 0. The van der Waals surface area contributed by atoms with Crippen LogP contribution in [0.5, 0.6) is 0 Å². The van der Waals surface area contributed by atoms with Gasteiger partial charge in [-0.15, -0.1) is 0 Å². The van der Waals surface area contributed by atoms with Gasteiger partial charge < -0.3 is 35.7 Å². The molecule has 0 unspecified atom stereocenters. The fourth-order valence-electron chi connectivity index (χ4n) is 2.02. The predicted molar refractivity (Wildman–Crippen MR) is 135 cm³/mol. The number of unbranched alkanes of at least 4 members (excludes halogenated alkanes) is 6. The largest absolute Gasteiger partial charge is 0.481 e. The summed E-state index contributed by atoms with van der Waals surface area (Å²) in [4.78, 5) is 19.8. The number of carboxylic acid groups (broad SMARTS) is 2. The molecule has 0 bridgehead atoms. The van der Waals surface area contributed by atoms with E-state index in [0.29, 0.717) is 19.4 Å².